The molecule has 1 aromatic heterocycles. The number of hydrogen-bond donors (Lipinski definition) is 1. The van der Waals surface area contributed by atoms with Gasteiger partial charge in [0.15, 0.2) is 12.2 Å². The number of halogens is 1. The zero-order chi connectivity index (χ0) is 11.7. The Hall–Kier alpha value is -1.13. The van der Waals surface area contributed by atoms with E-state index >= 15 is 0 Å². The summed E-state index contributed by atoms with van der Waals surface area (Å²) in [5, 5.41) is 3.45. The van der Waals surface area contributed by atoms with E-state index in [1.165, 1.54) is 19.2 Å². The summed E-state index contributed by atoms with van der Waals surface area (Å²) in [7, 11) is 0. The standard InChI is InChI=1S/C13H13BrN2O/c14-10-3-1-2-9(6-10)13-12(16-8-17-13)7-15-11-4-5-11/h1-3,6,8,11,15H,4-5,7H2. The zero-order valence-electron chi connectivity index (χ0n) is 9.32. The summed E-state index contributed by atoms with van der Waals surface area (Å²) in [6.07, 6.45) is 4.08. The van der Waals surface area contributed by atoms with E-state index in [1.54, 1.807) is 0 Å². The molecule has 3 nitrogen and oxygen atoms in total. The average Bonchev–Trinajstić information content (AvgIpc) is 3.04. The minimum absolute atomic E-state index is 0.682. The smallest absolute Gasteiger partial charge is 0.181 e. The molecule has 0 amide bonds. The molecular weight excluding hydrogens is 280 g/mol. The van der Waals surface area contributed by atoms with E-state index in [1.807, 2.05) is 24.3 Å². The number of benzene rings is 1. The molecule has 1 N–H and O–H groups in total. The van der Waals surface area contributed by atoms with Crippen LogP contribution in [0.5, 0.6) is 0 Å². The van der Waals surface area contributed by atoms with Crippen LogP contribution >= 0.6 is 15.9 Å². The number of nitrogens with zero attached hydrogens (tertiary/aromatic N) is 1. The van der Waals surface area contributed by atoms with Gasteiger partial charge in [-0.05, 0) is 25.0 Å². The summed E-state index contributed by atoms with van der Waals surface area (Å²) in [4.78, 5) is 4.28. The van der Waals surface area contributed by atoms with Crippen LogP contribution in [0.1, 0.15) is 18.5 Å². The third-order valence-corrected chi connectivity index (χ3v) is 3.36. The van der Waals surface area contributed by atoms with E-state index in [9.17, 15) is 0 Å². The molecule has 1 aliphatic rings. The fraction of sp³-hybridized carbons (Fsp3) is 0.308. The predicted molar refractivity (Wildman–Crippen MR) is 69.5 cm³/mol. The van der Waals surface area contributed by atoms with Gasteiger partial charge in [0.05, 0.1) is 0 Å². The first-order valence-corrected chi connectivity index (χ1v) is 6.54. The van der Waals surface area contributed by atoms with Crippen LogP contribution in [0.3, 0.4) is 0 Å². The summed E-state index contributed by atoms with van der Waals surface area (Å²) >= 11 is 3.47. The molecule has 0 radical (unpaired) electrons. The molecule has 1 fully saturated rings. The topological polar surface area (TPSA) is 38.1 Å². The Labute approximate surface area is 108 Å². The van der Waals surface area contributed by atoms with Crippen molar-refractivity contribution in [1.82, 2.24) is 10.3 Å². The molecule has 2 aromatic rings. The molecule has 0 bridgehead atoms. The number of aromatic nitrogens is 1. The summed E-state index contributed by atoms with van der Waals surface area (Å²) in [6, 6.07) is 8.76. The van der Waals surface area contributed by atoms with Crippen LogP contribution in [0.15, 0.2) is 39.5 Å². The van der Waals surface area contributed by atoms with Crippen molar-refractivity contribution in [2.75, 3.05) is 0 Å². The largest absolute Gasteiger partial charge is 0.443 e. The highest BCUT2D eigenvalue weighted by atomic mass is 79.9. The van der Waals surface area contributed by atoms with Gasteiger partial charge in [-0.3, -0.25) is 0 Å². The second kappa shape index (κ2) is 4.63. The molecule has 0 saturated heterocycles. The molecule has 0 atom stereocenters. The molecule has 0 aliphatic heterocycles. The molecule has 1 aliphatic carbocycles. The van der Waals surface area contributed by atoms with Gasteiger partial charge in [-0.2, -0.15) is 0 Å². The lowest BCUT2D eigenvalue weighted by atomic mass is 10.1. The predicted octanol–water partition coefficient (Wildman–Crippen LogP) is 3.36. The minimum Gasteiger partial charge on any atom is -0.443 e. The van der Waals surface area contributed by atoms with E-state index in [2.05, 4.69) is 26.2 Å². The molecule has 0 spiro atoms. The normalized spacial score (nSPS) is 15.1. The Kier molecular flexibility index (Phi) is 2.99. The summed E-state index contributed by atoms with van der Waals surface area (Å²) in [6.45, 7) is 0.781. The number of rotatable bonds is 4. The highest BCUT2D eigenvalue weighted by Gasteiger charge is 2.21. The second-order valence-electron chi connectivity index (χ2n) is 4.29. The average molecular weight is 293 g/mol. The van der Waals surface area contributed by atoms with Gasteiger partial charge in [0.25, 0.3) is 0 Å². The maximum atomic E-state index is 5.49. The van der Waals surface area contributed by atoms with Crippen LogP contribution in [-0.4, -0.2) is 11.0 Å². The van der Waals surface area contributed by atoms with Gasteiger partial charge in [0.2, 0.25) is 0 Å². The van der Waals surface area contributed by atoms with Gasteiger partial charge in [0.1, 0.15) is 5.69 Å². The lowest BCUT2D eigenvalue weighted by molar-refractivity contribution is 0.569. The van der Waals surface area contributed by atoms with Crippen LogP contribution in [0.25, 0.3) is 11.3 Å². The molecule has 4 heteroatoms. The van der Waals surface area contributed by atoms with Crippen LogP contribution in [0.4, 0.5) is 0 Å². The molecule has 88 valence electrons. The summed E-state index contributed by atoms with van der Waals surface area (Å²) < 4.78 is 6.54. The lowest BCUT2D eigenvalue weighted by Crippen LogP contribution is -2.15. The van der Waals surface area contributed by atoms with Gasteiger partial charge in [-0.1, -0.05) is 28.1 Å². The number of nitrogens with one attached hydrogen (secondary N) is 1. The molecule has 3 rings (SSSR count). The molecule has 0 unspecified atom stereocenters. The minimum atomic E-state index is 0.682. The highest BCUT2D eigenvalue weighted by Crippen LogP contribution is 2.26. The van der Waals surface area contributed by atoms with E-state index in [0.717, 1.165) is 28.0 Å². The van der Waals surface area contributed by atoms with Crippen molar-refractivity contribution in [2.45, 2.75) is 25.4 Å². The van der Waals surface area contributed by atoms with Crippen LogP contribution in [-0.2, 0) is 6.54 Å². The Morgan fingerprint density at radius 2 is 2.29 bits per heavy atom. The second-order valence-corrected chi connectivity index (χ2v) is 5.21. The van der Waals surface area contributed by atoms with Gasteiger partial charge in [-0.25, -0.2) is 4.98 Å². The molecule has 17 heavy (non-hydrogen) atoms. The number of hydrogen-bond acceptors (Lipinski definition) is 3. The van der Waals surface area contributed by atoms with Crippen molar-refractivity contribution in [2.24, 2.45) is 0 Å². The quantitative estimate of drug-likeness (QED) is 0.939. The van der Waals surface area contributed by atoms with Crippen molar-refractivity contribution in [3.05, 3.63) is 40.8 Å². The Morgan fingerprint density at radius 1 is 1.41 bits per heavy atom. The maximum absolute atomic E-state index is 5.49. The Bertz CT molecular complexity index is 520. The SMILES string of the molecule is Brc1cccc(-c2ocnc2CNC2CC2)c1. The van der Waals surface area contributed by atoms with E-state index < -0.39 is 0 Å². The summed E-state index contributed by atoms with van der Waals surface area (Å²) in [5.41, 5.74) is 2.04. The zero-order valence-corrected chi connectivity index (χ0v) is 10.9. The van der Waals surface area contributed by atoms with Crippen molar-refractivity contribution in [3.63, 3.8) is 0 Å². The molecule has 1 aromatic carbocycles. The Balaban J connectivity index is 1.83. The molecule has 1 heterocycles. The molecular formula is C13H13BrN2O. The number of oxazole rings is 1. The van der Waals surface area contributed by atoms with Gasteiger partial charge >= 0.3 is 0 Å². The molecule has 1 saturated carbocycles. The Morgan fingerprint density at radius 3 is 3.06 bits per heavy atom. The van der Waals surface area contributed by atoms with Gasteiger partial charge < -0.3 is 9.73 Å². The van der Waals surface area contributed by atoms with Crippen molar-refractivity contribution in [3.8, 4) is 11.3 Å². The first-order chi connectivity index (χ1) is 8.33. The van der Waals surface area contributed by atoms with Gasteiger partial charge in [-0.15, -0.1) is 0 Å². The van der Waals surface area contributed by atoms with E-state index in [4.69, 9.17) is 4.42 Å². The highest BCUT2D eigenvalue weighted by molar-refractivity contribution is 9.10. The van der Waals surface area contributed by atoms with Crippen LogP contribution in [0, 0.1) is 0 Å². The fourth-order valence-corrected chi connectivity index (χ4v) is 2.19. The van der Waals surface area contributed by atoms with Crippen molar-refractivity contribution in [1.29, 1.82) is 0 Å². The van der Waals surface area contributed by atoms with Crippen molar-refractivity contribution < 1.29 is 4.42 Å². The monoisotopic (exact) mass is 292 g/mol. The van der Waals surface area contributed by atoms with Crippen LogP contribution < -0.4 is 5.32 Å². The van der Waals surface area contributed by atoms with E-state index in [-0.39, 0.29) is 0 Å². The third kappa shape index (κ3) is 2.58. The van der Waals surface area contributed by atoms with Crippen LogP contribution in [0.2, 0.25) is 0 Å². The lowest BCUT2D eigenvalue weighted by Gasteiger charge is -2.03. The van der Waals surface area contributed by atoms with E-state index in [0.29, 0.717) is 6.04 Å². The first kappa shape index (κ1) is 11.0. The third-order valence-electron chi connectivity index (χ3n) is 2.86. The first-order valence-electron chi connectivity index (χ1n) is 5.74. The summed E-state index contributed by atoms with van der Waals surface area (Å²) in [5.74, 6) is 0.861. The maximum Gasteiger partial charge on any atom is 0.181 e. The van der Waals surface area contributed by atoms with Crippen molar-refractivity contribution >= 4 is 15.9 Å². The fourth-order valence-electron chi connectivity index (χ4n) is 1.79. The van der Waals surface area contributed by atoms with Gasteiger partial charge in [0, 0.05) is 22.6 Å².